The van der Waals surface area contributed by atoms with Crippen molar-refractivity contribution < 1.29 is 37.1 Å². The molecule has 1 N–H and O–H groups in total. The van der Waals surface area contributed by atoms with Gasteiger partial charge in [0.05, 0.1) is 53.8 Å². The number of hydrogen-bond acceptors (Lipinski definition) is 10. The Morgan fingerprint density at radius 3 is 2.70 bits per heavy atom. The number of aromatic hydroxyl groups is 1. The molecular weight excluding hydrogens is 546 g/mol. The van der Waals surface area contributed by atoms with Crippen LogP contribution in [0.1, 0.15) is 24.5 Å². The van der Waals surface area contributed by atoms with E-state index in [4.69, 9.17) is 19.5 Å². The Balaban J connectivity index is 1.67. The number of benzene rings is 2. The number of hydrogen-bond donors (Lipinski definition) is 1. The number of rotatable bonds is 10. The maximum Gasteiger partial charge on any atom is 0.306 e. The van der Waals surface area contributed by atoms with Crippen LogP contribution in [0.5, 0.6) is 28.9 Å². The summed E-state index contributed by atoms with van der Waals surface area (Å²) in [5, 5.41) is 19.1. The molecule has 40 heavy (non-hydrogen) atoms. The van der Waals surface area contributed by atoms with Gasteiger partial charge in [-0.1, -0.05) is 0 Å². The molecule has 0 spiro atoms. The quantitative estimate of drug-likeness (QED) is 0.355. The molecule has 1 aliphatic rings. The number of ether oxygens (including phenoxy) is 3. The molecular formula is C27H24F2N4O6S. The molecule has 4 rings (SSSR count). The Bertz CT molecular complexity index is 1540. The lowest BCUT2D eigenvalue weighted by atomic mass is 10.1. The van der Waals surface area contributed by atoms with Crippen molar-refractivity contribution >= 4 is 22.6 Å². The second-order valence-corrected chi connectivity index (χ2v) is 10.0. The third-order valence-electron chi connectivity index (χ3n) is 5.72. The number of esters is 1. The molecule has 0 radical (unpaired) electrons. The molecule has 3 aromatic rings. The fourth-order valence-corrected chi connectivity index (χ4v) is 4.80. The molecule has 0 fully saturated rings. The highest BCUT2D eigenvalue weighted by molar-refractivity contribution is 7.85. The average molecular weight is 571 g/mol. The minimum Gasteiger partial charge on any atom is -0.504 e. The maximum atomic E-state index is 15.4. The smallest absolute Gasteiger partial charge is 0.306 e. The first-order chi connectivity index (χ1) is 19.2. The number of likely N-dealkylation sites (N-methyl/N-ethyl adjacent to an activating group) is 1. The van der Waals surface area contributed by atoms with Crippen molar-refractivity contribution in [2.24, 2.45) is 4.99 Å². The van der Waals surface area contributed by atoms with E-state index in [0.29, 0.717) is 35.6 Å². The van der Waals surface area contributed by atoms with Crippen LogP contribution in [0.25, 0.3) is 0 Å². The normalized spacial score (nSPS) is 13.4. The molecule has 0 saturated heterocycles. The zero-order valence-electron chi connectivity index (χ0n) is 21.5. The minimum absolute atomic E-state index is 0.0166. The summed E-state index contributed by atoms with van der Waals surface area (Å²) in [4.78, 5) is 21.9. The lowest BCUT2D eigenvalue weighted by Crippen LogP contribution is -2.24. The summed E-state index contributed by atoms with van der Waals surface area (Å²) >= 11 is 0. The van der Waals surface area contributed by atoms with Crippen LogP contribution in [0.4, 0.5) is 8.78 Å². The summed E-state index contributed by atoms with van der Waals surface area (Å²) in [6, 6.07) is 9.98. The van der Waals surface area contributed by atoms with Gasteiger partial charge in [-0.15, -0.1) is 0 Å². The first-order valence-corrected chi connectivity index (χ1v) is 13.4. The number of nitriles is 1. The number of carbonyl (C=O) groups excluding carboxylic acids is 1. The zero-order valence-corrected chi connectivity index (χ0v) is 22.3. The van der Waals surface area contributed by atoms with E-state index in [-0.39, 0.29) is 41.6 Å². The molecule has 2 heterocycles. The standard InChI is InChI=1S/C27H24F2N4O6S/c1-3-37-23(35)8-11-40(36)17-5-7-21(18(13-17)26-31-9-10-33(26)2)38-25-19(28)15-32-27(24(25)29)39-22-12-16(14-30)4-6-20(22)34/h4-7,12-13,15,34H,3,8-11H2,1-2H3. The van der Waals surface area contributed by atoms with E-state index in [9.17, 15) is 18.5 Å². The van der Waals surface area contributed by atoms with Crippen LogP contribution in [0, 0.1) is 23.0 Å². The number of pyridine rings is 1. The van der Waals surface area contributed by atoms with Crippen molar-refractivity contribution in [2.75, 3.05) is 32.5 Å². The number of nitrogens with zero attached hydrogens (tertiary/aromatic N) is 4. The highest BCUT2D eigenvalue weighted by Crippen LogP contribution is 2.38. The van der Waals surface area contributed by atoms with Gasteiger partial charge < -0.3 is 24.2 Å². The summed E-state index contributed by atoms with van der Waals surface area (Å²) < 4.78 is 59.0. The van der Waals surface area contributed by atoms with E-state index in [0.717, 1.165) is 0 Å². The van der Waals surface area contributed by atoms with Crippen LogP contribution in [0.3, 0.4) is 0 Å². The zero-order chi connectivity index (χ0) is 28.8. The molecule has 1 aliphatic heterocycles. The second kappa shape index (κ2) is 12.5. The Labute approximate surface area is 230 Å². The van der Waals surface area contributed by atoms with Crippen LogP contribution < -0.4 is 9.47 Å². The van der Waals surface area contributed by atoms with Gasteiger partial charge in [-0.05, 0) is 37.3 Å². The van der Waals surface area contributed by atoms with Gasteiger partial charge >= 0.3 is 5.97 Å². The van der Waals surface area contributed by atoms with E-state index in [2.05, 4.69) is 9.98 Å². The van der Waals surface area contributed by atoms with Crippen LogP contribution in [-0.2, 0) is 20.3 Å². The topological polar surface area (TPSA) is 134 Å². The predicted molar refractivity (Wildman–Crippen MR) is 140 cm³/mol. The molecule has 0 saturated carbocycles. The highest BCUT2D eigenvalue weighted by atomic mass is 32.2. The van der Waals surface area contributed by atoms with E-state index in [1.54, 1.807) is 14.0 Å². The van der Waals surface area contributed by atoms with Gasteiger partial charge in [0.15, 0.2) is 17.3 Å². The molecule has 10 nitrogen and oxygen atoms in total. The van der Waals surface area contributed by atoms with Gasteiger partial charge in [0.2, 0.25) is 11.6 Å². The van der Waals surface area contributed by atoms with E-state index >= 15 is 4.39 Å². The lowest BCUT2D eigenvalue weighted by Gasteiger charge is -2.19. The minimum atomic E-state index is -1.58. The van der Waals surface area contributed by atoms with Gasteiger partial charge in [0.25, 0.3) is 5.88 Å². The van der Waals surface area contributed by atoms with Crippen molar-refractivity contribution in [3.63, 3.8) is 0 Å². The van der Waals surface area contributed by atoms with Gasteiger partial charge in [-0.25, -0.2) is 9.37 Å². The fourth-order valence-electron chi connectivity index (χ4n) is 3.74. The first-order valence-electron chi connectivity index (χ1n) is 12.1. The summed E-state index contributed by atoms with van der Waals surface area (Å²) in [6.45, 7) is 2.96. The SMILES string of the molecule is CCOC(=O)CCS(=O)c1ccc(Oc2c(F)cnc(Oc3cc(C#N)ccc3O)c2F)c(C2=NCCN2C)c1. The maximum absolute atomic E-state index is 15.4. The monoisotopic (exact) mass is 570 g/mol. The Morgan fingerprint density at radius 1 is 1.20 bits per heavy atom. The largest absolute Gasteiger partial charge is 0.504 e. The molecule has 13 heteroatoms. The average Bonchev–Trinajstić information content (AvgIpc) is 3.38. The number of phenols is 1. The fraction of sp³-hybridized carbons (Fsp3) is 0.259. The highest BCUT2D eigenvalue weighted by Gasteiger charge is 2.25. The Hall–Kier alpha value is -4.57. The summed E-state index contributed by atoms with van der Waals surface area (Å²) in [5.74, 6) is -4.57. The Morgan fingerprint density at radius 2 is 2.00 bits per heavy atom. The number of aromatic nitrogens is 1. The van der Waals surface area contributed by atoms with Crippen LogP contribution in [0.2, 0.25) is 0 Å². The van der Waals surface area contributed by atoms with E-state index < -0.39 is 40.0 Å². The third kappa shape index (κ3) is 6.35. The van der Waals surface area contributed by atoms with Crippen molar-refractivity contribution in [1.82, 2.24) is 9.88 Å². The first kappa shape index (κ1) is 28.4. The number of amidine groups is 1. The molecule has 0 amide bonds. The summed E-state index contributed by atoms with van der Waals surface area (Å²) in [6.07, 6.45) is 0.647. The van der Waals surface area contributed by atoms with Gasteiger partial charge in [-0.3, -0.25) is 14.0 Å². The predicted octanol–water partition coefficient (Wildman–Crippen LogP) is 4.27. The van der Waals surface area contributed by atoms with Gasteiger partial charge in [0, 0.05) is 30.3 Å². The van der Waals surface area contributed by atoms with E-state index in [1.165, 1.54) is 36.4 Å². The van der Waals surface area contributed by atoms with Crippen LogP contribution in [0.15, 0.2) is 52.5 Å². The number of carbonyl (C=O) groups is 1. The molecule has 1 atom stereocenters. The molecule has 0 bridgehead atoms. The number of halogens is 2. The van der Waals surface area contributed by atoms with Gasteiger partial charge in [0.1, 0.15) is 11.6 Å². The molecule has 1 aromatic heterocycles. The van der Waals surface area contributed by atoms with Crippen molar-refractivity contribution in [3.8, 4) is 34.9 Å². The van der Waals surface area contributed by atoms with Crippen LogP contribution >= 0.6 is 0 Å². The molecule has 0 aliphatic carbocycles. The molecule has 1 unspecified atom stereocenters. The van der Waals surface area contributed by atoms with Crippen molar-refractivity contribution in [1.29, 1.82) is 5.26 Å². The molecule has 208 valence electrons. The number of phenolic OH excluding ortho intramolecular Hbond substituents is 1. The molecule has 2 aromatic carbocycles. The lowest BCUT2D eigenvalue weighted by molar-refractivity contribution is -0.142. The van der Waals surface area contributed by atoms with Crippen LogP contribution in [-0.4, -0.2) is 63.5 Å². The van der Waals surface area contributed by atoms with Gasteiger partial charge in [-0.2, -0.15) is 9.65 Å². The second-order valence-electron chi connectivity index (χ2n) is 8.44. The third-order valence-corrected chi connectivity index (χ3v) is 7.07. The van der Waals surface area contributed by atoms with Crippen molar-refractivity contribution in [2.45, 2.75) is 18.2 Å². The van der Waals surface area contributed by atoms with Crippen molar-refractivity contribution in [3.05, 3.63) is 65.4 Å². The summed E-state index contributed by atoms with van der Waals surface area (Å²) in [5.41, 5.74) is 0.469. The number of aliphatic imine (C=N–C) groups is 1. The summed E-state index contributed by atoms with van der Waals surface area (Å²) in [7, 11) is 0.200. The Kier molecular flexibility index (Phi) is 8.90. The van der Waals surface area contributed by atoms with E-state index in [1.807, 2.05) is 11.0 Å².